The molecule has 0 aromatic heterocycles. The molecule has 1 rings (SSSR count). The van der Waals surface area contributed by atoms with Crippen molar-refractivity contribution in [2.45, 2.75) is 73.1 Å². The molecule has 0 amide bonds. The minimum atomic E-state index is -3.78. The Hall–Kier alpha value is 1.98. The molecule has 0 aliphatic heterocycles. The summed E-state index contributed by atoms with van der Waals surface area (Å²) in [5.41, 5.74) is 12.4. The number of rotatable bonds is 7. The zero-order chi connectivity index (χ0) is 18.6. The number of hydrogen-bond acceptors (Lipinski definition) is 1. The van der Waals surface area contributed by atoms with Gasteiger partial charge in [0, 0.05) is 8.15 Å². The monoisotopic (exact) mass is 749 g/mol. The summed E-state index contributed by atoms with van der Waals surface area (Å²) < 4.78 is -2.16. The molecule has 5 heteroatoms. The molecule has 1 aliphatic carbocycles. The van der Waals surface area contributed by atoms with E-state index in [0.717, 1.165) is 18.7 Å². The zero-order valence-corrected chi connectivity index (χ0v) is 23.8. The molecule has 0 saturated carbocycles. The van der Waals surface area contributed by atoms with Crippen LogP contribution in [0.5, 0.6) is 0 Å². The number of hydrogen-bond donors (Lipinski definition) is 1. The van der Waals surface area contributed by atoms with Crippen LogP contribution in [0.3, 0.4) is 0 Å². The predicted molar refractivity (Wildman–Crippen MR) is 128 cm³/mol. The van der Waals surface area contributed by atoms with Crippen molar-refractivity contribution < 1.29 is 8.19 Å². The molecule has 23 heavy (non-hydrogen) atoms. The predicted octanol–water partition coefficient (Wildman–Crippen LogP) is 9.04. The Labute approximate surface area is 161 Å². The van der Waals surface area contributed by atoms with Gasteiger partial charge in [0.1, 0.15) is 0 Å². The first-order valence-electron chi connectivity index (χ1n) is 8.05. The van der Waals surface area contributed by atoms with Crippen LogP contribution in [0.25, 0.3) is 0 Å². The van der Waals surface area contributed by atoms with E-state index in [1.807, 2.05) is 0 Å². The van der Waals surface area contributed by atoms with Crippen LogP contribution < -0.4 is 0 Å². The van der Waals surface area contributed by atoms with Gasteiger partial charge in [-0.2, -0.15) is 0 Å². The Morgan fingerprint density at radius 1 is 1.00 bits per heavy atom. The second-order valence-corrected chi connectivity index (χ2v) is 135. The molecule has 0 aromatic carbocycles. The molecule has 0 saturated heterocycles. The third-order valence-electron chi connectivity index (χ3n) is 3.48. The summed E-state index contributed by atoms with van der Waals surface area (Å²) >= 11 is 5.52. The van der Waals surface area contributed by atoms with E-state index in [1.165, 1.54) is 25.7 Å². The van der Waals surface area contributed by atoms with Crippen LogP contribution in [-0.4, -0.2) is 17.2 Å². The maximum absolute atomic E-state index is 9.38. The van der Waals surface area contributed by atoms with E-state index >= 15 is 0 Å². The molecule has 1 nitrogen and oxygen atoms in total. The number of allylic oxidation sites excluding steroid dienone is 4. The van der Waals surface area contributed by atoms with Gasteiger partial charge in [0.25, 0.3) is 0 Å². The Bertz CT molecular complexity index is 476. The van der Waals surface area contributed by atoms with Crippen LogP contribution in [0.15, 0.2) is 22.3 Å². The van der Waals surface area contributed by atoms with Crippen molar-refractivity contribution in [1.82, 2.24) is 0 Å². The first-order valence-corrected chi connectivity index (χ1v) is 36.5. The van der Waals surface area contributed by atoms with E-state index in [2.05, 4.69) is 98.5 Å². The van der Waals surface area contributed by atoms with Gasteiger partial charge in [-0.1, -0.05) is 26.7 Å². The zero-order valence-electron chi connectivity index (χ0n) is 16.2. The van der Waals surface area contributed by atoms with E-state index in [0.29, 0.717) is 0 Å². The number of unbranched alkanes of at least 4 members (excludes halogenated alkanes) is 2. The van der Waals surface area contributed by atoms with E-state index in [9.17, 15) is 4.89 Å². The Morgan fingerprint density at radius 3 is 1.65 bits per heavy atom. The quantitative estimate of drug-likeness (QED) is 0.204. The van der Waals surface area contributed by atoms with Crippen molar-refractivity contribution in [3.63, 3.8) is 0 Å². The maximum atomic E-state index is 9.38. The number of halogens is 2. The minimum absolute atomic E-state index is 0.592. The van der Waals surface area contributed by atoms with Crippen molar-refractivity contribution in [2.24, 2.45) is 0 Å². The molecule has 1 N–H and O–H groups in total. The van der Waals surface area contributed by atoms with Crippen molar-refractivity contribution in [2.75, 3.05) is 12.3 Å². The van der Waals surface area contributed by atoms with Gasteiger partial charge in [-0.15, -0.1) is 0 Å². The summed E-state index contributed by atoms with van der Waals surface area (Å²) in [6, 6.07) is 0. The van der Waals surface area contributed by atoms with Crippen LogP contribution in [0, 0.1) is 0 Å². The summed E-state index contributed by atoms with van der Waals surface area (Å²) in [6.07, 6.45) is 14.9. The molecule has 0 fully saturated rings. The topological polar surface area (TPSA) is 20.2 Å². The fraction of sp³-hybridized carbons (Fsp3) is 0.778. The fourth-order valence-corrected chi connectivity index (χ4v) is 13.5. The summed E-state index contributed by atoms with van der Waals surface area (Å²) in [4.78, 5) is 9.38. The summed E-state index contributed by atoms with van der Waals surface area (Å²) in [5.74, 6) is 0. The van der Waals surface area contributed by atoms with Crippen LogP contribution in [0.2, 0.25) is 27.2 Å². The summed E-state index contributed by atoms with van der Waals surface area (Å²) in [7, 11) is -0.592. The molecule has 0 aromatic rings. The third-order valence-corrected chi connectivity index (χ3v) is 22.4. The van der Waals surface area contributed by atoms with Crippen molar-refractivity contribution >= 4 is 47.3 Å². The van der Waals surface area contributed by atoms with Gasteiger partial charge in [-0.25, -0.2) is 0 Å². The Kier molecular flexibility index (Phi) is 6.50. The van der Waals surface area contributed by atoms with E-state index in [1.54, 1.807) is 4.09 Å². The van der Waals surface area contributed by atoms with Gasteiger partial charge in [-0.05, 0) is 25.2 Å². The first-order chi connectivity index (χ1) is 9.80. The first kappa shape index (κ1) is 25.0. The molecule has 0 heterocycles. The van der Waals surface area contributed by atoms with Crippen LogP contribution in [-0.2, 0) is 3.30 Å². The van der Waals surface area contributed by atoms with Gasteiger partial charge < -0.3 is 4.89 Å². The van der Waals surface area contributed by atoms with Gasteiger partial charge in [0.15, 0.2) is 0 Å². The molecule has 0 bridgehead atoms. The van der Waals surface area contributed by atoms with E-state index in [4.69, 9.17) is 0 Å². The van der Waals surface area contributed by atoms with Crippen LogP contribution in [0.1, 0.15) is 46.0 Å². The average Bonchev–Trinajstić information content (AvgIpc) is 2.86. The van der Waals surface area contributed by atoms with Gasteiger partial charge in [0.05, 0.1) is 0 Å². The van der Waals surface area contributed by atoms with Gasteiger partial charge >= 0.3 is 98.4 Å². The van der Waals surface area contributed by atoms with Crippen molar-refractivity contribution in [1.29, 1.82) is 0 Å². The van der Waals surface area contributed by atoms with Crippen LogP contribution >= 0.6 is 47.3 Å². The molecular formula is C18H39I2IrOP. The van der Waals surface area contributed by atoms with Crippen LogP contribution in [0.4, 0.5) is 0 Å². The van der Waals surface area contributed by atoms with Gasteiger partial charge in [0.2, 0.25) is 0 Å². The Balaban J connectivity index is 0.000000438. The summed E-state index contributed by atoms with van der Waals surface area (Å²) in [6.45, 7) is 4.34. The standard InChI is InChI=1S/C8H19OP.C5H5.5CH3.2HI.Ir/c1-3-5-7-10(9)8-6-4-2;1-2-4-5-3-1;;;;;;;;/h9H,3-8H2,1-2H3;1-3H,4H2;5*1H3;2*1H;/q;;;;;;;;;+2/p-2. The third kappa shape index (κ3) is 12.1. The average molecular weight is 749 g/mol. The van der Waals surface area contributed by atoms with Gasteiger partial charge in [-0.3, -0.25) is 0 Å². The molecule has 0 atom stereocenters. The van der Waals surface area contributed by atoms with Crippen molar-refractivity contribution in [3.05, 3.63) is 22.3 Å². The fourth-order valence-electron chi connectivity index (χ4n) is 1.92. The Morgan fingerprint density at radius 2 is 1.43 bits per heavy atom. The molecular weight excluding hydrogens is 709 g/mol. The van der Waals surface area contributed by atoms with Crippen molar-refractivity contribution in [3.8, 4) is 0 Å². The second kappa shape index (κ2) is 5.99. The normalized spacial score (nSPS) is 21.4. The molecule has 0 radical (unpaired) electrons. The SMILES string of the molecule is CCCCP(O)CCCC.[CH3][Ir]([CH3])([CH3])([CH3])([CH3])([I])([I])[C]1=CC=CC1. The molecule has 0 unspecified atom stereocenters. The second-order valence-electron chi connectivity index (χ2n) is 9.48. The van der Waals surface area contributed by atoms with E-state index < -0.39 is 11.4 Å². The molecule has 145 valence electrons. The van der Waals surface area contributed by atoms with E-state index in [-0.39, 0.29) is 0 Å². The molecule has 1 aliphatic rings. The molecule has 0 spiro atoms. The summed E-state index contributed by atoms with van der Waals surface area (Å²) in [5, 5.41) is 0.